The molecule has 0 saturated heterocycles. The number of hydrogen-bond donors (Lipinski definition) is 2. The normalized spacial score (nSPS) is 19.0. The lowest BCUT2D eigenvalue weighted by Crippen LogP contribution is -2.18. The minimum absolute atomic E-state index is 0.294. The van der Waals surface area contributed by atoms with Crippen LogP contribution in [0, 0.1) is 5.92 Å². The van der Waals surface area contributed by atoms with Gasteiger partial charge in [-0.15, -0.1) is 0 Å². The summed E-state index contributed by atoms with van der Waals surface area (Å²) in [6.45, 7) is 9.06. The maximum absolute atomic E-state index is 11.2. The van der Waals surface area contributed by atoms with Crippen molar-refractivity contribution in [3.05, 3.63) is 46.8 Å². The largest absolute Gasteiger partial charge is 0.365 e. The Balaban J connectivity index is 1.95. The number of carbonyl (C=O) groups excluding carboxylic acids is 1. The Kier molecular flexibility index (Phi) is 5.31. The van der Waals surface area contributed by atoms with Gasteiger partial charge in [0, 0.05) is 7.05 Å². The first-order chi connectivity index (χ1) is 12.3. The van der Waals surface area contributed by atoms with Gasteiger partial charge in [0.1, 0.15) is 5.82 Å². The molecular formula is C20H27N4OP. The van der Waals surface area contributed by atoms with Crippen molar-refractivity contribution in [2.75, 3.05) is 6.66 Å². The topological polar surface area (TPSA) is 72.9 Å². The van der Waals surface area contributed by atoms with Crippen LogP contribution in [0.2, 0.25) is 0 Å². The summed E-state index contributed by atoms with van der Waals surface area (Å²) in [6.07, 6.45) is 3.47. The van der Waals surface area contributed by atoms with Crippen molar-refractivity contribution in [3.63, 3.8) is 0 Å². The summed E-state index contributed by atoms with van der Waals surface area (Å²) in [6, 6.07) is 6.47. The Morgan fingerprint density at radius 1 is 1.42 bits per heavy atom. The summed E-state index contributed by atoms with van der Waals surface area (Å²) in [5, 5.41) is 3.19. The summed E-state index contributed by atoms with van der Waals surface area (Å²) in [5.74, 6) is 1.51. The number of aromatic nitrogens is 2. The number of amides is 1. The average Bonchev–Trinajstić information content (AvgIpc) is 2.87. The second-order valence-electron chi connectivity index (χ2n) is 7.21. The molecule has 0 aliphatic heterocycles. The third-order valence-electron chi connectivity index (χ3n) is 5.05. The SMILES string of the molecule is CC1=CC(C)CC(C)=C1c1ccc2nc(CNP(C)C(N)=O)n(C)c2c1. The van der Waals surface area contributed by atoms with Gasteiger partial charge in [-0.3, -0.25) is 9.88 Å². The zero-order valence-corrected chi connectivity index (χ0v) is 17.0. The fourth-order valence-electron chi connectivity index (χ4n) is 3.79. The molecule has 26 heavy (non-hydrogen) atoms. The lowest BCUT2D eigenvalue weighted by molar-refractivity contribution is 0.266. The summed E-state index contributed by atoms with van der Waals surface area (Å²) in [7, 11) is 1.00. The van der Waals surface area contributed by atoms with Gasteiger partial charge in [-0.2, -0.15) is 0 Å². The predicted octanol–water partition coefficient (Wildman–Crippen LogP) is 4.53. The smallest absolute Gasteiger partial charge is 0.253 e. The number of carbonyl (C=O) groups is 1. The van der Waals surface area contributed by atoms with E-state index in [1.165, 1.54) is 22.3 Å². The van der Waals surface area contributed by atoms with Crippen molar-refractivity contribution in [2.45, 2.75) is 33.7 Å². The molecule has 3 rings (SSSR count). The van der Waals surface area contributed by atoms with Gasteiger partial charge < -0.3 is 10.3 Å². The van der Waals surface area contributed by atoms with Gasteiger partial charge in [0.15, 0.2) is 0 Å². The molecule has 0 bridgehead atoms. The number of aryl methyl sites for hydroxylation is 1. The minimum Gasteiger partial charge on any atom is -0.365 e. The lowest BCUT2D eigenvalue weighted by Gasteiger charge is -2.22. The Labute approximate surface area is 156 Å². The van der Waals surface area contributed by atoms with Crippen molar-refractivity contribution in [1.82, 2.24) is 14.6 Å². The summed E-state index contributed by atoms with van der Waals surface area (Å²) in [5.41, 5.74) is 12.5. The van der Waals surface area contributed by atoms with Gasteiger partial charge in [-0.05, 0) is 61.7 Å². The number of nitrogens with zero attached hydrogens (tertiary/aromatic N) is 2. The van der Waals surface area contributed by atoms with E-state index < -0.39 is 8.07 Å². The van der Waals surface area contributed by atoms with Crippen LogP contribution < -0.4 is 10.8 Å². The van der Waals surface area contributed by atoms with Crippen LogP contribution in [0.15, 0.2) is 35.4 Å². The summed E-state index contributed by atoms with van der Waals surface area (Å²) >= 11 is 0. The quantitative estimate of drug-likeness (QED) is 0.760. The second kappa shape index (κ2) is 7.34. The van der Waals surface area contributed by atoms with Crippen LogP contribution in [0.1, 0.15) is 38.6 Å². The van der Waals surface area contributed by atoms with E-state index in [4.69, 9.17) is 10.7 Å². The zero-order valence-electron chi connectivity index (χ0n) is 16.1. The molecule has 1 aliphatic rings. The molecule has 1 aromatic heterocycles. The van der Waals surface area contributed by atoms with Gasteiger partial charge in [-0.1, -0.05) is 24.6 Å². The molecule has 3 N–H and O–H groups in total. The van der Waals surface area contributed by atoms with E-state index in [2.05, 4.69) is 54.7 Å². The van der Waals surface area contributed by atoms with Crippen molar-refractivity contribution in [1.29, 1.82) is 0 Å². The van der Waals surface area contributed by atoms with Gasteiger partial charge >= 0.3 is 0 Å². The average molecular weight is 370 g/mol. The first kappa shape index (κ1) is 18.8. The van der Waals surface area contributed by atoms with Crippen LogP contribution in [0.4, 0.5) is 4.79 Å². The number of allylic oxidation sites excluding steroid dienone is 4. The van der Waals surface area contributed by atoms with Gasteiger partial charge in [0.2, 0.25) is 0 Å². The van der Waals surface area contributed by atoms with Gasteiger partial charge in [0.05, 0.1) is 25.7 Å². The van der Waals surface area contributed by atoms with Crippen LogP contribution in [-0.4, -0.2) is 21.9 Å². The molecule has 0 saturated carbocycles. The van der Waals surface area contributed by atoms with E-state index >= 15 is 0 Å². The van der Waals surface area contributed by atoms with Gasteiger partial charge in [-0.25, -0.2) is 4.98 Å². The molecular weight excluding hydrogens is 343 g/mol. The van der Waals surface area contributed by atoms with Crippen LogP contribution in [0.3, 0.4) is 0 Å². The fourth-order valence-corrected chi connectivity index (χ4v) is 4.32. The third kappa shape index (κ3) is 3.60. The zero-order chi connectivity index (χ0) is 19.0. The molecule has 0 radical (unpaired) electrons. The fraction of sp³-hybridized carbons (Fsp3) is 0.400. The second-order valence-corrected chi connectivity index (χ2v) is 9.08. The van der Waals surface area contributed by atoms with Gasteiger partial charge in [0.25, 0.3) is 5.65 Å². The number of hydrogen-bond acceptors (Lipinski definition) is 3. The molecule has 2 unspecified atom stereocenters. The standard InChI is InChI=1S/C20H27N4OP/c1-12-8-13(2)19(14(3)9-12)15-6-7-16-17(10-15)24(4)18(23-16)11-22-26(5)20(21)25/h6-8,10,12,22H,9,11H2,1-5H3,(H2,21,25). The van der Waals surface area contributed by atoms with Crippen LogP contribution in [-0.2, 0) is 13.6 Å². The molecule has 1 aromatic carbocycles. The van der Waals surface area contributed by atoms with Crippen LogP contribution in [0.5, 0.6) is 0 Å². The first-order valence-corrected chi connectivity index (χ1v) is 10.7. The van der Waals surface area contributed by atoms with E-state index in [-0.39, 0.29) is 5.65 Å². The van der Waals surface area contributed by atoms with Crippen molar-refractivity contribution in [2.24, 2.45) is 18.7 Å². The molecule has 5 nitrogen and oxygen atoms in total. The molecule has 2 atom stereocenters. The van der Waals surface area contributed by atoms with Crippen LogP contribution in [0.25, 0.3) is 16.6 Å². The van der Waals surface area contributed by atoms with E-state index in [9.17, 15) is 4.79 Å². The van der Waals surface area contributed by atoms with Crippen molar-refractivity contribution in [3.8, 4) is 0 Å². The van der Waals surface area contributed by atoms with Crippen LogP contribution >= 0.6 is 8.07 Å². The Morgan fingerprint density at radius 2 is 2.15 bits per heavy atom. The summed E-state index contributed by atoms with van der Waals surface area (Å²) < 4.78 is 2.09. The molecule has 1 aliphatic carbocycles. The molecule has 0 fully saturated rings. The van der Waals surface area contributed by atoms with E-state index in [1.54, 1.807) is 0 Å². The highest BCUT2D eigenvalue weighted by atomic mass is 31.1. The number of rotatable bonds is 5. The number of imidazole rings is 1. The molecule has 2 aromatic rings. The van der Waals surface area contributed by atoms with Crippen molar-refractivity contribution >= 4 is 30.3 Å². The van der Waals surface area contributed by atoms with Crippen molar-refractivity contribution < 1.29 is 4.79 Å². The van der Waals surface area contributed by atoms with E-state index in [1.807, 2.05) is 13.7 Å². The molecule has 0 spiro atoms. The van der Waals surface area contributed by atoms with E-state index in [0.29, 0.717) is 12.5 Å². The number of primary amides is 1. The molecule has 1 heterocycles. The number of benzene rings is 1. The highest BCUT2D eigenvalue weighted by molar-refractivity contribution is 7.72. The highest BCUT2D eigenvalue weighted by Crippen LogP contribution is 2.36. The maximum atomic E-state index is 11.2. The molecule has 1 amide bonds. The number of fused-ring (bicyclic) bond motifs is 1. The predicted molar refractivity (Wildman–Crippen MR) is 110 cm³/mol. The Hall–Kier alpha value is -1.97. The molecule has 138 valence electrons. The van der Waals surface area contributed by atoms with E-state index in [0.717, 1.165) is 23.3 Å². The Morgan fingerprint density at radius 3 is 2.81 bits per heavy atom. The number of nitrogens with two attached hydrogens (primary N) is 1. The third-order valence-corrected chi connectivity index (χ3v) is 6.34. The molecule has 6 heteroatoms. The highest BCUT2D eigenvalue weighted by Gasteiger charge is 2.18. The maximum Gasteiger partial charge on any atom is 0.253 e. The minimum atomic E-state index is -1.02. The lowest BCUT2D eigenvalue weighted by atomic mass is 9.83. The monoisotopic (exact) mass is 370 g/mol. The number of nitrogens with one attached hydrogen (secondary N) is 1. The first-order valence-electron chi connectivity index (χ1n) is 8.89. The summed E-state index contributed by atoms with van der Waals surface area (Å²) in [4.78, 5) is 15.9. The Bertz CT molecular complexity index is 925.